The van der Waals surface area contributed by atoms with Gasteiger partial charge in [0, 0.05) is 44.3 Å². The van der Waals surface area contributed by atoms with Crippen LogP contribution < -0.4 is 10.2 Å². The van der Waals surface area contributed by atoms with E-state index in [0.29, 0.717) is 5.75 Å². The maximum Gasteiger partial charge on any atom is 0.132 e. The fraction of sp³-hybridized carbons (Fsp3) is 0.240. The third-order valence-electron chi connectivity index (χ3n) is 5.67. The first-order valence-corrected chi connectivity index (χ1v) is 11.8. The van der Waals surface area contributed by atoms with Crippen molar-refractivity contribution < 1.29 is 5.11 Å². The Morgan fingerprint density at radius 1 is 0.970 bits per heavy atom. The number of nitrogens with zero attached hydrogens (tertiary/aromatic N) is 5. The number of phenolic OH excluding ortho intramolecular Hbond substituents is 1. The van der Waals surface area contributed by atoms with Crippen molar-refractivity contribution >= 4 is 28.7 Å². The first-order chi connectivity index (χ1) is 16.1. The molecule has 8 heteroatoms. The standard InChI is InChI=1S/C25H26N6OS/c1-18-9-10-26-24(15-18)29-23-4-2-3-21(28-23)22-16-27-25(33-22)17-30-11-13-31(14-12-30)19-5-7-20(32)8-6-19/h2-10,15-16,32H,11-14,17H2,1H3,(H,26,28,29). The predicted molar refractivity (Wildman–Crippen MR) is 133 cm³/mol. The second-order valence-electron chi connectivity index (χ2n) is 8.15. The molecule has 1 aliphatic heterocycles. The Morgan fingerprint density at radius 3 is 2.58 bits per heavy atom. The molecule has 0 saturated carbocycles. The van der Waals surface area contributed by atoms with Crippen LogP contribution in [0.1, 0.15) is 10.6 Å². The summed E-state index contributed by atoms with van der Waals surface area (Å²) < 4.78 is 0. The van der Waals surface area contributed by atoms with Crippen LogP contribution in [0.4, 0.5) is 17.3 Å². The lowest BCUT2D eigenvalue weighted by atomic mass is 10.2. The Bertz CT molecular complexity index is 1220. The molecule has 0 atom stereocenters. The summed E-state index contributed by atoms with van der Waals surface area (Å²) in [7, 11) is 0. The third kappa shape index (κ3) is 5.30. The van der Waals surface area contributed by atoms with Crippen molar-refractivity contribution in [3.63, 3.8) is 0 Å². The summed E-state index contributed by atoms with van der Waals surface area (Å²) in [5.41, 5.74) is 3.22. The van der Waals surface area contributed by atoms with Gasteiger partial charge in [0.2, 0.25) is 0 Å². The SMILES string of the molecule is Cc1ccnc(Nc2cccc(-c3cnc(CN4CCN(c5ccc(O)cc5)CC4)s3)n2)c1. The maximum atomic E-state index is 9.49. The van der Waals surface area contributed by atoms with Gasteiger partial charge in [-0.05, 0) is 61.0 Å². The van der Waals surface area contributed by atoms with Crippen molar-refractivity contribution in [1.29, 1.82) is 0 Å². The van der Waals surface area contributed by atoms with Crippen molar-refractivity contribution in [3.8, 4) is 16.3 Å². The van der Waals surface area contributed by atoms with Gasteiger partial charge in [0.1, 0.15) is 22.4 Å². The van der Waals surface area contributed by atoms with Gasteiger partial charge in [-0.1, -0.05) is 6.07 Å². The number of aromatic hydroxyl groups is 1. The Balaban J connectivity index is 1.20. The Kier molecular flexibility index (Phi) is 6.19. The van der Waals surface area contributed by atoms with Crippen LogP contribution in [0.2, 0.25) is 0 Å². The second-order valence-corrected chi connectivity index (χ2v) is 9.26. The minimum Gasteiger partial charge on any atom is -0.508 e. The molecule has 1 aliphatic rings. The molecule has 0 spiro atoms. The zero-order chi connectivity index (χ0) is 22.6. The molecule has 0 unspecified atom stereocenters. The molecule has 2 N–H and O–H groups in total. The van der Waals surface area contributed by atoms with E-state index < -0.39 is 0 Å². The van der Waals surface area contributed by atoms with Crippen LogP contribution >= 0.6 is 11.3 Å². The molecule has 0 bridgehead atoms. The van der Waals surface area contributed by atoms with Gasteiger partial charge in [-0.3, -0.25) is 4.90 Å². The summed E-state index contributed by atoms with van der Waals surface area (Å²) in [5.74, 6) is 1.86. The molecule has 5 rings (SSSR count). The van der Waals surface area contributed by atoms with Gasteiger partial charge in [0.25, 0.3) is 0 Å². The highest BCUT2D eigenvalue weighted by Gasteiger charge is 2.19. The fourth-order valence-corrected chi connectivity index (χ4v) is 4.83. The average molecular weight is 459 g/mol. The smallest absolute Gasteiger partial charge is 0.132 e. The molecule has 4 heterocycles. The number of aryl methyl sites for hydroxylation is 1. The summed E-state index contributed by atoms with van der Waals surface area (Å²) >= 11 is 1.70. The molecule has 0 amide bonds. The molecule has 1 saturated heterocycles. The maximum absolute atomic E-state index is 9.49. The number of hydrogen-bond donors (Lipinski definition) is 2. The van der Waals surface area contributed by atoms with Crippen LogP contribution in [0, 0.1) is 6.92 Å². The quantitative estimate of drug-likeness (QED) is 0.434. The number of phenols is 1. The lowest BCUT2D eigenvalue weighted by Crippen LogP contribution is -2.45. The number of benzene rings is 1. The summed E-state index contributed by atoms with van der Waals surface area (Å²) in [6.45, 7) is 6.78. The third-order valence-corrected chi connectivity index (χ3v) is 6.68. The van der Waals surface area contributed by atoms with E-state index in [1.165, 1.54) is 0 Å². The van der Waals surface area contributed by atoms with Crippen molar-refractivity contribution in [2.24, 2.45) is 0 Å². The topological polar surface area (TPSA) is 77.4 Å². The fourth-order valence-electron chi connectivity index (χ4n) is 3.90. The van der Waals surface area contributed by atoms with Gasteiger partial charge in [0.05, 0.1) is 17.1 Å². The average Bonchev–Trinajstić information content (AvgIpc) is 3.29. The van der Waals surface area contributed by atoms with Crippen LogP contribution in [0.3, 0.4) is 0 Å². The minimum atomic E-state index is 0.305. The van der Waals surface area contributed by atoms with Crippen molar-refractivity contribution in [3.05, 3.63) is 77.6 Å². The molecule has 1 fully saturated rings. The number of hydrogen-bond acceptors (Lipinski definition) is 8. The van der Waals surface area contributed by atoms with Gasteiger partial charge < -0.3 is 15.3 Å². The molecule has 0 aliphatic carbocycles. The van der Waals surface area contributed by atoms with E-state index in [-0.39, 0.29) is 0 Å². The van der Waals surface area contributed by atoms with Crippen LogP contribution in [-0.2, 0) is 6.54 Å². The monoisotopic (exact) mass is 458 g/mol. The van der Waals surface area contributed by atoms with Gasteiger partial charge in [-0.2, -0.15) is 0 Å². The van der Waals surface area contributed by atoms with Crippen LogP contribution in [0.25, 0.3) is 10.6 Å². The minimum absolute atomic E-state index is 0.305. The second kappa shape index (κ2) is 9.56. The summed E-state index contributed by atoms with van der Waals surface area (Å²) in [4.78, 5) is 19.6. The van der Waals surface area contributed by atoms with E-state index >= 15 is 0 Å². The highest BCUT2D eigenvalue weighted by Crippen LogP contribution is 2.27. The van der Waals surface area contributed by atoms with E-state index in [1.807, 2.05) is 55.6 Å². The molecule has 33 heavy (non-hydrogen) atoms. The molecule has 4 aromatic rings. The van der Waals surface area contributed by atoms with E-state index in [1.54, 1.807) is 29.7 Å². The lowest BCUT2D eigenvalue weighted by Gasteiger charge is -2.35. The number of aromatic nitrogens is 3. The van der Waals surface area contributed by atoms with Gasteiger partial charge in [-0.15, -0.1) is 11.3 Å². The first-order valence-electron chi connectivity index (χ1n) is 11.0. The van der Waals surface area contributed by atoms with Gasteiger partial charge >= 0.3 is 0 Å². The zero-order valence-corrected chi connectivity index (χ0v) is 19.3. The van der Waals surface area contributed by atoms with E-state index in [4.69, 9.17) is 4.98 Å². The molecule has 0 radical (unpaired) electrons. The Morgan fingerprint density at radius 2 is 1.79 bits per heavy atom. The van der Waals surface area contributed by atoms with Crippen LogP contribution in [-0.4, -0.2) is 51.1 Å². The highest BCUT2D eigenvalue weighted by atomic mass is 32.1. The number of nitrogens with one attached hydrogen (secondary N) is 1. The molecular weight excluding hydrogens is 432 g/mol. The van der Waals surface area contributed by atoms with Crippen molar-refractivity contribution in [2.45, 2.75) is 13.5 Å². The lowest BCUT2D eigenvalue weighted by molar-refractivity contribution is 0.249. The first kappa shape index (κ1) is 21.4. The molecule has 7 nitrogen and oxygen atoms in total. The summed E-state index contributed by atoms with van der Waals surface area (Å²) in [6, 6.07) is 17.4. The van der Waals surface area contributed by atoms with Crippen molar-refractivity contribution in [2.75, 3.05) is 36.4 Å². The molecule has 1 aromatic carbocycles. The van der Waals surface area contributed by atoms with Crippen LogP contribution in [0.5, 0.6) is 5.75 Å². The molecule has 3 aromatic heterocycles. The number of thiazole rings is 1. The van der Waals surface area contributed by atoms with E-state index in [9.17, 15) is 5.11 Å². The Hall–Kier alpha value is -3.49. The number of piperazine rings is 1. The highest BCUT2D eigenvalue weighted by molar-refractivity contribution is 7.15. The molecule has 168 valence electrons. The largest absolute Gasteiger partial charge is 0.508 e. The van der Waals surface area contributed by atoms with Crippen molar-refractivity contribution in [1.82, 2.24) is 19.9 Å². The summed E-state index contributed by atoms with van der Waals surface area (Å²) in [6.07, 6.45) is 3.71. The normalized spacial score (nSPS) is 14.4. The van der Waals surface area contributed by atoms with Gasteiger partial charge in [0.15, 0.2) is 0 Å². The summed E-state index contributed by atoms with van der Waals surface area (Å²) in [5, 5.41) is 13.9. The zero-order valence-electron chi connectivity index (χ0n) is 18.5. The number of rotatable bonds is 6. The van der Waals surface area contributed by atoms with E-state index in [0.717, 1.165) is 71.2 Å². The molecular formula is C25H26N6OS. The Labute approximate surface area is 197 Å². The van der Waals surface area contributed by atoms with Crippen LogP contribution in [0.15, 0.2) is 67.0 Å². The number of anilines is 3. The van der Waals surface area contributed by atoms with E-state index in [2.05, 4.69) is 25.1 Å². The number of pyridine rings is 2. The van der Waals surface area contributed by atoms with Gasteiger partial charge in [-0.25, -0.2) is 15.0 Å². The predicted octanol–water partition coefficient (Wildman–Crippen LogP) is 4.68.